The van der Waals surface area contributed by atoms with E-state index in [0.717, 1.165) is 24.0 Å². The van der Waals surface area contributed by atoms with Gasteiger partial charge in [-0.2, -0.15) is 0 Å². The number of allylic oxidation sites excluding steroid dienone is 2. The Labute approximate surface area is 159 Å². The highest BCUT2D eigenvalue weighted by Crippen LogP contribution is 2.32. The van der Waals surface area contributed by atoms with E-state index in [1.165, 1.54) is 11.1 Å². The van der Waals surface area contributed by atoms with Crippen LogP contribution in [0.5, 0.6) is 11.5 Å². The summed E-state index contributed by atoms with van der Waals surface area (Å²) < 4.78 is 22.3. The highest BCUT2D eigenvalue weighted by molar-refractivity contribution is 7.46. The molecule has 2 unspecified atom stereocenters. The van der Waals surface area contributed by atoms with Crippen LogP contribution in [0.3, 0.4) is 0 Å². The van der Waals surface area contributed by atoms with E-state index < -0.39 is 16.5 Å². The molecule has 27 heavy (non-hydrogen) atoms. The highest BCUT2D eigenvalue weighted by atomic mass is 31.2. The molecule has 0 heterocycles. The number of hydrogen-bond donors (Lipinski definition) is 4. The lowest BCUT2D eigenvalue weighted by molar-refractivity contribution is 0.371. The summed E-state index contributed by atoms with van der Waals surface area (Å²) in [7, 11) is -6.40. The third-order valence-corrected chi connectivity index (χ3v) is 5.07. The van der Waals surface area contributed by atoms with Crippen LogP contribution in [0.4, 0.5) is 0 Å². The lowest BCUT2D eigenvalue weighted by Crippen LogP contribution is -1.91. The Kier molecular flexibility index (Phi) is 10.1. The maximum absolute atomic E-state index is 9.44. The maximum atomic E-state index is 9.44. The molecule has 9 heteroatoms. The van der Waals surface area contributed by atoms with Gasteiger partial charge in [0.05, 0.1) is 0 Å². The Bertz CT molecular complexity index is 732. The molecule has 0 amide bonds. The number of phenols is 2. The van der Waals surface area contributed by atoms with Gasteiger partial charge in [-0.15, -0.1) is 0 Å². The van der Waals surface area contributed by atoms with E-state index in [0.29, 0.717) is 0 Å². The fourth-order valence-corrected chi connectivity index (χ4v) is 3.18. The fourth-order valence-electron chi connectivity index (χ4n) is 2.58. The smallest absolute Gasteiger partial charge is 0.323 e. The summed E-state index contributed by atoms with van der Waals surface area (Å²) in [6.45, 7) is 4.27. The van der Waals surface area contributed by atoms with Crippen LogP contribution in [0.25, 0.3) is 11.1 Å². The van der Waals surface area contributed by atoms with Gasteiger partial charge in [0.25, 0.3) is 0 Å². The van der Waals surface area contributed by atoms with Crippen LogP contribution in [-0.4, -0.2) is 20.0 Å². The second-order valence-corrected chi connectivity index (χ2v) is 7.27. The topological polar surface area (TPSA) is 124 Å². The van der Waals surface area contributed by atoms with Crippen molar-refractivity contribution >= 4 is 27.7 Å². The Balaban J connectivity index is 0.000000445. The predicted octanol–water partition coefficient (Wildman–Crippen LogP) is 4.60. The highest BCUT2D eigenvalue weighted by Gasteiger charge is 2.09. The lowest BCUT2D eigenvalue weighted by atomic mass is 9.91. The van der Waals surface area contributed by atoms with Gasteiger partial charge in [0.2, 0.25) is 0 Å². The molecule has 0 aliphatic heterocycles. The number of aromatic hydroxyl groups is 2. The summed E-state index contributed by atoms with van der Waals surface area (Å²) >= 11 is 0. The van der Waals surface area contributed by atoms with E-state index in [1.54, 1.807) is 24.3 Å². The van der Waals surface area contributed by atoms with Crippen molar-refractivity contribution in [3.63, 3.8) is 0 Å². The van der Waals surface area contributed by atoms with Gasteiger partial charge in [0, 0.05) is 0 Å². The third kappa shape index (κ3) is 8.12. The van der Waals surface area contributed by atoms with Crippen LogP contribution in [-0.2, 0) is 13.4 Å². The summed E-state index contributed by atoms with van der Waals surface area (Å²) in [5.74, 6) is 0.568. The van der Waals surface area contributed by atoms with E-state index in [9.17, 15) is 19.3 Å². The largest absolute Gasteiger partial charge is 0.508 e. The van der Waals surface area contributed by atoms with Crippen molar-refractivity contribution in [3.8, 4) is 11.5 Å². The van der Waals surface area contributed by atoms with Crippen molar-refractivity contribution in [2.24, 2.45) is 0 Å². The van der Waals surface area contributed by atoms with Crippen LogP contribution < -0.4 is 0 Å². The van der Waals surface area contributed by atoms with Gasteiger partial charge in [0.1, 0.15) is 11.5 Å². The molecule has 2 aromatic rings. The van der Waals surface area contributed by atoms with Crippen LogP contribution in [0.15, 0.2) is 48.5 Å². The van der Waals surface area contributed by atoms with Crippen LogP contribution in [0.2, 0.25) is 0 Å². The van der Waals surface area contributed by atoms with Gasteiger partial charge in [-0.25, -0.2) is 4.31 Å². The summed E-state index contributed by atoms with van der Waals surface area (Å²) in [5.41, 5.74) is 4.82. The molecule has 7 nitrogen and oxygen atoms in total. The molecule has 0 fully saturated rings. The summed E-state index contributed by atoms with van der Waals surface area (Å²) in [6, 6.07) is 14.7. The molecule has 0 bridgehead atoms. The maximum Gasteiger partial charge on any atom is 0.323 e. The normalized spacial score (nSPS) is 13.8. The predicted molar refractivity (Wildman–Crippen MR) is 107 cm³/mol. The molecule has 0 aliphatic carbocycles. The average Bonchev–Trinajstić information content (AvgIpc) is 2.61. The van der Waals surface area contributed by atoms with Crippen LogP contribution in [0.1, 0.15) is 37.8 Å². The summed E-state index contributed by atoms with van der Waals surface area (Å²) in [6.07, 6.45) is 1.85. The second-order valence-electron chi connectivity index (χ2n) is 5.39. The fraction of sp³-hybridized carbons (Fsp3) is 0.222. The zero-order valence-corrected chi connectivity index (χ0v) is 17.0. The summed E-state index contributed by atoms with van der Waals surface area (Å²) in [5, 5.41) is 18.8. The first kappa shape index (κ1) is 23.2. The molecule has 0 spiro atoms. The minimum atomic E-state index is -3.20. The van der Waals surface area contributed by atoms with Crippen molar-refractivity contribution in [2.75, 3.05) is 0 Å². The first-order valence-electron chi connectivity index (χ1n) is 8.22. The van der Waals surface area contributed by atoms with E-state index in [1.807, 2.05) is 24.3 Å². The quantitative estimate of drug-likeness (QED) is 0.402. The molecule has 4 N–H and O–H groups in total. The standard InChI is InChI=1S/C18H20O2.H4O5P2/c1-3-17(13-5-9-15(19)10-6-13)18(4-2)14-7-11-16(20)12-8-14;1-6(2)5-7(3)4/h5-12,19-20H,3-4H2,1-2H3;6-7H,(H,1,2)(H,3,4)/b18-17+;. The Morgan fingerprint density at radius 2 is 1.04 bits per heavy atom. The molecule has 2 atom stereocenters. The molecule has 0 aromatic heterocycles. The van der Waals surface area contributed by atoms with E-state index in [2.05, 4.69) is 18.2 Å². The molecule has 148 valence electrons. The molecular formula is C18H24O7P2. The van der Waals surface area contributed by atoms with Gasteiger partial charge >= 0.3 is 16.5 Å². The first-order chi connectivity index (χ1) is 12.8. The van der Waals surface area contributed by atoms with Crippen LogP contribution in [0, 0.1) is 0 Å². The van der Waals surface area contributed by atoms with E-state index >= 15 is 0 Å². The second kappa shape index (κ2) is 11.8. The SMILES string of the molecule is CC/C(=C(/CC)c1ccc(O)cc1)c1ccc(O)cc1.O=[PH](O)O[PH](=O)O. The van der Waals surface area contributed by atoms with Gasteiger partial charge in [-0.1, -0.05) is 38.1 Å². The zero-order chi connectivity index (χ0) is 20.4. The van der Waals surface area contributed by atoms with Crippen molar-refractivity contribution in [1.29, 1.82) is 0 Å². The lowest BCUT2D eigenvalue weighted by Gasteiger charge is -2.14. The van der Waals surface area contributed by atoms with Crippen LogP contribution >= 0.6 is 16.5 Å². The van der Waals surface area contributed by atoms with Gasteiger partial charge in [0.15, 0.2) is 0 Å². The number of phenolic OH excluding ortho intramolecular Hbond substituents is 2. The molecule has 0 saturated heterocycles. The first-order valence-corrected chi connectivity index (χ1v) is 10.8. The molecule has 2 aromatic carbocycles. The molecule has 0 saturated carbocycles. The summed E-state index contributed by atoms with van der Waals surface area (Å²) in [4.78, 5) is 15.4. The van der Waals surface area contributed by atoms with Gasteiger partial charge < -0.3 is 20.0 Å². The minimum absolute atomic E-state index is 0.284. The van der Waals surface area contributed by atoms with Gasteiger partial charge in [-0.3, -0.25) is 9.13 Å². The van der Waals surface area contributed by atoms with Crippen molar-refractivity contribution in [2.45, 2.75) is 26.7 Å². The van der Waals surface area contributed by atoms with Gasteiger partial charge in [-0.05, 0) is 59.4 Å². The van der Waals surface area contributed by atoms with Crippen molar-refractivity contribution < 1.29 is 33.4 Å². The van der Waals surface area contributed by atoms with Crippen molar-refractivity contribution in [3.05, 3.63) is 59.7 Å². The Morgan fingerprint density at radius 1 is 0.741 bits per heavy atom. The Morgan fingerprint density at radius 3 is 1.22 bits per heavy atom. The zero-order valence-electron chi connectivity index (χ0n) is 15.0. The molecule has 2 rings (SSSR count). The number of hydrogen-bond acceptors (Lipinski definition) is 5. The Hall–Kier alpha value is -1.88. The van der Waals surface area contributed by atoms with E-state index in [-0.39, 0.29) is 11.5 Å². The third-order valence-electron chi connectivity index (χ3n) is 3.68. The monoisotopic (exact) mass is 414 g/mol. The van der Waals surface area contributed by atoms with Crippen molar-refractivity contribution in [1.82, 2.24) is 0 Å². The number of benzene rings is 2. The molecule has 0 aliphatic rings. The van der Waals surface area contributed by atoms with E-state index in [4.69, 9.17) is 9.79 Å². The molecular weight excluding hydrogens is 390 g/mol. The minimum Gasteiger partial charge on any atom is -0.508 e. The molecule has 0 radical (unpaired) electrons. The number of rotatable bonds is 6. The average molecular weight is 414 g/mol.